The molecule has 2 aromatic carbocycles. The normalized spacial score (nSPS) is 10.3. The van der Waals surface area contributed by atoms with Gasteiger partial charge in [-0.1, -0.05) is 28.1 Å². The van der Waals surface area contributed by atoms with Gasteiger partial charge >= 0.3 is 0 Å². The molecule has 0 bridgehead atoms. The minimum absolute atomic E-state index is 0.559. The molecule has 0 aliphatic carbocycles. The Labute approximate surface area is 107 Å². The predicted octanol–water partition coefficient (Wildman–Crippen LogP) is 4.34. The van der Waals surface area contributed by atoms with Crippen molar-refractivity contribution in [3.63, 3.8) is 0 Å². The molecule has 2 aromatic rings. The van der Waals surface area contributed by atoms with E-state index in [1.807, 2.05) is 24.3 Å². The third-order valence-corrected chi connectivity index (χ3v) is 2.80. The van der Waals surface area contributed by atoms with Crippen LogP contribution in [0.15, 0.2) is 46.9 Å². The Morgan fingerprint density at radius 1 is 1.00 bits per heavy atom. The molecule has 0 aliphatic rings. The van der Waals surface area contributed by atoms with Crippen LogP contribution in [0.5, 0.6) is 0 Å². The molecule has 0 aliphatic heterocycles. The number of hydrogen-bond acceptors (Lipinski definition) is 1. The lowest BCUT2D eigenvalue weighted by Gasteiger charge is -2.07. The summed E-state index contributed by atoms with van der Waals surface area (Å²) in [5.74, 6) is -1.68. The van der Waals surface area contributed by atoms with Crippen molar-refractivity contribution >= 4 is 21.6 Å². The van der Waals surface area contributed by atoms with Crippen LogP contribution in [0, 0.1) is 11.6 Å². The minimum Gasteiger partial charge on any atom is -0.381 e. The van der Waals surface area contributed by atoms with Crippen LogP contribution >= 0.6 is 15.9 Å². The van der Waals surface area contributed by atoms with E-state index < -0.39 is 11.6 Å². The highest BCUT2D eigenvalue weighted by Gasteiger charge is 2.02. The summed E-state index contributed by atoms with van der Waals surface area (Å²) in [5.41, 5.74) is 1.62. The molecule has 88 valence electrons. The van der Waals surface area contributed by atoms with Crippen LogP contribution in [-0.4, -0.2) is 0 Å². The Bertz CT molecular complexity index is 529. The Kier molecular flexibility index (Phi) is 3.74. The van der Waals surface area contributed by atoms with E-state index in [0.717, 1.165) is 22.2 Å². The van der Waals surface area contributed by atoms with Crippen LogP contribution in [0.4, 0.5) is 14.5 Å². The topological polar surface area (TPSA) is 12.0 Å². The number of benzene rings is 2. The van der Waals surface area contributed by atoms with Gasteiger partial charge in [-0.05, 0) is 29.8 Å². The lowest BCUT2D eigenvalue weighted by Crippen LogP contribution is -2.00. The van der Waals surface area contributed by atoms with Gasteiger partial charge in [-0.25, -0.2) is 8.78 Å². The van der Waals surface area contributed by atoms with Gasteiger partial charge in [-0.3, -0.25) is 0 Å². The molecule has 4 heteroatoms. The Balaban J connectivity index is 2.05. The van der Waals surface area contributed by atoms with Crippen LogP contribution in [0.1, 0.15) is 5.56 Å². The van der Waals surface area contributed by atoms with Crippen molar-refractivity contribution in [2.45, 2.75) is 6.54 Å². The monoisotopic (exact) mass is 297 g/mol. The highest BCUT2D eigenvalue weighted by molar-refractivity contribution is 9.10. The Morgan fingerprint density at radius 3 is 2.53 bits per heavy atom. The molecule has 0 radical (unpaired) electrons. The summed E-state index contributed by atoms with van der Waals surface area (Å²) < 4.78 is 26.6. The fourth-order valence-electron chi connectivity index (χ4n) is 1.46. The van der Waals surface area contributed by atoms with Crippen LogP contribution in [-0.2, 0) is 6.54 Å². The molecule has 1 nitrogen and oxygen atoms in total. The quantitative estimate of drug-likeness (QED) is 0.889. The molecule has 1 N–H and O–H groups in total. The summed E-state index contributed by atoms with van der Waals surface area (Å²) >= 11 is 3.37. The Hall–Kier alpha value is -1.42. The fourth-order valence-corrected chi connectivity index (χ4v) is 1.90. The summed E-state index contributed by atoms with van der Waals surface area (Å²) in [6, 6.07) is 11.5. The van der Waals surface area contributed by atoms with E-state index in [2.05, 4.69) is 21.2 Å². The largest absolute Gasteiger partial charge is 0.381 e. The first-order valence-electron chi connectivity index (χ1n) is 5.08. The van der Waals surface area contributed by atoms with E-state index in [0.29, 0.717) is 12.2 Å². The van der Waals surface area contributed by atoms with Crippen molar-refractivity contribution in [3.8, 4) is 0 Å². The van der Waals surface area contributed by atoms with Gasteiger partial charge in [0.1, 0.15) is 0 Å². The van der Waals surface area contributed by atoms with Crippen molar-refractivity contribution in [1.29, 1.82) is 0 Å². The van der Waals surface area contributed by atoms with E-state index in [9.17, 15) is 8.78 Å². The summed E-state index contributed by atoms with van der Waals surface area (Å²) in [6.07, 6.45) is 0. The Morgan fingerprint density at radius 2 is 1.82 bits per heavy atom. The first kappa shape index (κ1) is 12.0. The number of nitrogens with one attached hydrogen (secondary N) is 1. The van der Waals surface area contributed by atoms with Crippen LogP contribution in [0.2, 0.25) is 0 Å². The van der Waals surface area contributed by atoms with E-state index in [1.54, 1.807) is 0 Å². The van der Waals surface area contributed by atoms with E-state index >= 15 is 0 Å². The molecule has 0 spiro atoms. The van der Waals surface area contributed by atoms with Crippen molar-refractivity contribution in [2.75, 3.05) is 5.32 Å². The van der Waals surface area contributed by atoms with Gasteiger partial charge in [0, 0.05) is 22.8 Å². The third kappa shape index (κ3) is 3.27. The zero-order valence-electron chi connectivity index (χ0n) is 8.88. The number of rotatable bonds is 3. The molecule has 0 amide bonds. The fraction of sp³-hybridized carbons (Fsp3) is 0.0769. The molecule has 0 atom stereocenters. The lowest BCUT2D eigenvalue weighted by atomic mass is 10.2. The highest BCUT2D eigenvalue weighted by atomic mass is 79.9. The second-order valence-electron chi connectivity index (χ2n) is 3.61. The van der Waals surface area contributed by atoms with Gasteiger partial charge in [-0.2, -0.15) is 0 Å². The zero-order valence-corrected chi connectivity index (χ0v) is 10.5. The smallest absolute Gasteiger partial charge is 0.160 e. The molecule has 2 rings (SSSR count). The van der Waals surface area contributed by atoms with E-state index in [4.69, 9.17) is 0 Å². The average Bonchev–Trinajstić information content (AvgIpc) is 2.31. The average molecular weight is 298 g/mol. The molecule has 0 fully saturated rings. The summed E-state index contributed by atoms with van der Waals surface area (Å²) in [4.78, 5) is 0. The van der Waals surface area contributed by atoms with Gasteiger partial charge in [0.25, 0.3) is 0 Å². The standard InChI is InChI=1S/C13H10BrF2N/c14-10-3-1-2-9(6-10)8-17-11-4-5-12(15)13(16)7-11/h1-7,17H,8H2. The second kappa shape index (κ2) is 5.27. The summed E-state index contributed by atoms with van der Waals surface area (Å²) in [7, 11) is 0. The van der Waals surface area contributed by atoms with Gasteiger partial charge in [-0.15, -0.1) is 0 Å². The maximum Gasteiger partial charge on any atom is 0.160 e. The molecule has 0 saturated heterocycles. The van der Waals surface area contributed by atoms with Crippen molar-refractivity contribution in [1.82, 2.24) is 0 Å². The molecule has 0 saturated carbocycles. The molecule has 0 aromatic heterocycles. The lowest BCUT2D eigenvalue weighted by molar-refractivity contribution is 0.509. The number of anilines is 1. The van der Waals surface area contributed by atoms with Crippen LogP contribution in [0.3, 0.4) is 0 Å². The van der Waals surface area contributed by atoms with E-state index in [1.165, 1.54) is 6.07 Å². The van der Waals surface area contributed by atoms with Gasteiger partial charge in [0.2, 0.25) is 0 Å². The summed E-state index contributed by atoms with van der Waals surface area (Å²) in [6.45, 7) is 0.560. The molecular formula is C13H10BrF2N. The first-order chi connectivity index (χ1) is 8.15. The maximum atomic E-state index is 12.9. The first-order valence-corrected chi connectivity index (χ1v) is 5.88. The van der Waals surface area contributed by atoms with Crippen LogP contribution in [0.25, 0.3) is 0 Å². The SMILES string of the molecule is Fc1ccc(NCc2cccc(Br)c2)cc1F. The van der Waals surface area contributed by atoms with Crippen LogP contribution < -0.4 is 5.32 Å². The second-order valence-corrected chi connectivity index (χ2v) is 4.53. The minimum atomic E-state index is -0.843. The van der Waals surface area contributed by atoms with Crippen molar-refractivity contribution < 1.29 is 8.78 Å². The maximum absolute atomic E-state index is 12.9. The van der Waals surface area contributed by atoms with E-state index in [-0.39, 0.29) is 0 Å². The highest BCUT2D eigenvalue weighted by Crippen LogP contribution is 2.16. The van der Waals surface area contributed by atoms with Gasteiger partial charge in [0.15, 0.2) is 11.6 Å². The number of hydrogen-bond donors (Lipinski definition) is 1. The molecule has 0 unspecified atom stereocenters. The molecule has 0 heterocycles. The summed E-state index contributed by atoms with van der Waals surface area (Å²) in [5, 5.41) is 3.03. The van der Waals surface area contributed by atoms with Gasteiger partial charge < -0.3 is 5.32 Å². The van der Waals surface area contributed by atoms with Gasteiger partial charge in [0.05, 0.1) is 0 Å². The van der Waals surface area contributed by atoms with Crippen molar-refractivity contribution in [2.24, 2.45) is 0 Å². The number of halogens is 3. The zero-order chi connectivity index (χ0) is 12.3. The molecular weight excluding hydrogens is 288 g/mol. The predicted molar refractivity (Wildman–Crippen MR) is 67.8 cm³/mol. The van der Waals surface area contributed by atoms with Crippen molar-refractivity contribution in [3.05, 3.63) is 64.1 Å². The molecule has 17 heavy (non-hydrogen) atoms. The third-order valence-electron chi connectivity index (χ3n) is 2.31.